The van der Waals surface area contributed by atoms with Crippen molar-refractivity contribution in [3.05, 3.63) is 71.3 Å². The highest BCUT2D eigenvalue weighted by Crippen LogP contribution is 2.49. The lowest BCUT2D eigenvalue weighted by molar-refractivity contribution is -0.160. The summed E-state index contributed by atoms with van der Waals surface area (Å²) in [6.07, 6.45) is 9.44. The Labute approximate surface area is 238 Å². The fourth-order valence-corrected chi connectivity index (χ4v) is 8.85. The van der Waals surface area contributed by atoms with E-state index >= 15 is 0 Å². The highest BCUT2D eigenvalue weighted by atomic mass is 16.5. The summed E-state index contributed by atoms with van der Waals surface area (Å²) in [5.41, 5.74) is 1.84. The fraction of sp³-hybridized carbons (Fsp3) is 0.588. The van der Waals surface area contributed by atoms with Gasteiger partial charge in [0.1, 0.15) is 17.6 Å². The number of carbonyl (C=O) groups is 2. The van der Waals surface area contributed by atoms with E-state index in [1.807, 2.05) is 54.6 Å². The number of ether oxygens (including phenoxy) is 2. The van der Waals surface area contributed by atoms with Crippen LogP contribution in [0.3, 0.4) is 0 Å². The zero-order chi connectivity index (χ0) is 27.4. The van der Waals surface area contributed by atoms with Crippen molar-refractivity contribution < 1.29 is 19.1 Å². The van der Waals surface area contributed by atoms with Crippen LogP contribution in [0, 0.1) is 0 Å². The molecule has 0 unspecified atom stereocenters. The normalized spacial score (nSPS) is 37.1. The van der Waals surface area contributed by atoms with Crippen LogP contribution in [-0.4, -0.2) is 72.2 Å². The van der Waals surface area contributed by atoms with E-state index < -0.39 is 5.41 Å². The number of fused-ring (bicyclic) bond motifs is 5. The molecular weight excluding hydrogens is 500 g/mol. The largest absolute Gasteiger partial charge is 0.462 e. The van der Waals surface area contributed by atoms with Crippen molar-refractivity contribution in [3.63, 3.8) is 0 Å². The molecule has 4 heterocycles. The maximum atomic E-state index is 14.4. The van der Waals surface area contributed by atoms with E-state index in [1.54, 1.807) is 0 Å². The first-order valence-electron chi connectivity index (χ1n) is 15.4. The summed E-state index contributed by atoms with van der Waals surface area (Å²) in [7, 11) is 4.41. The topological polar surface area (TPSA) is 59.1 Å². The summed E-state index contributed by atoms with van der Waals surface area (Å²) in [6.45, 7) is 0. The zero-order valence-corrected chi connectivity index (χ0v) is 23.8. The molecule has 6 atom stereocenters. The van der Waals surface area contributed by atoms with Crippen LogP contribution < -0.4 is 0 Å². The first-order chi connectivity index (χ1) is 19.4. The number of hydrogen-bond acceptors (Lipinski definition) is 6. The molecule has 0 radical (unpaired) electrons. The molecule has 4 saturated heterocycles. The Bertz CT molecular complexity index is 1240. The van der Waals surface area contributed by atoms with Crippen molar-refractivity contribution in [2.45, 2.75) is 112 Å². The number of rotatable bonds is 5. The van der Waals surface area contributed by atoms with Gasteiger partial charge in [0.25, 0.3) is 0 Å². The second-order valence-corrected chi connectivity index (χ2v) is 13.1. The van der Waals surface area contributed by atoms with Crippen LogP contribution in [0.4, 0.5) is 0 Å². The van der Waals surface area contributed by atoms with E-state index in [4.69, 9.17) is 9.47 Å². The van der Waals surface area contributed by atoms with E-state index in [9.17, 15) is 9.59 Å². The van der Waals surface area contributed by atoms with Crippen LogP contribution in [-0.2, 0) is 24.5 Å². The number of piperidine rings is 2. The Kier molecular flexibility index (Phi) is 6.74. The molecule has 0 aromatic heterocycles. The predicted octanol–water partition coefficient (Wildman–Crippen LogP) is 5.19. The molecule has 7 rings (SSSR count). The van der Waals surface area contributed by atoms with Gasteiger partial charge >= 0.3 is 11.9 Å². The van der Waals surface area contributed by atoms with Gasteiger partial charge in [-0.05, 0) is 95.0 Å². The lowest BCUT2D eigenvalue weighted by Gasteiger charge is -2.42. The summed E-state index contributed by atoms with van der Waals surface area (Å²) in [5, 5.41) is 0. The summed E-state index contributed by atoms with van der Waals surface area (Å²) < 4.78 is 12.7. The van der Waals surface area contributed by atoms with Crippen LogP contribution in [0.25, 0.3) is 0 Å². The molecule has 0 saturated carbocycles. The smallest absolute Gasteiger partial charge is 0.321 e. The van der Waals surface area contributed by atoms with Gasteiger partial charge in [-0.2, -0.15) is 0 Å². The highest BCUT2D eigenvalue weighted by molar-refractivity contribution is 5.91. The minimum Gasteiger partial charge on any atom is -0.462 e. The Morgan fingerprint density at radius 3 is 1.82 bits per heavy atom. The molecular formula is C34H42N2O4. The third-order valence-electron chi connectivity index (χ3n) is 11.2. The number of nitrogens with zero attached hydrogens (tertiary/aromatic N) is 2. The van der Waals surface area contributed by atoms with E-state index in [2.05, 4.69) is 23.9 Å². The zero-order valence-electron chi connectivity index (χ0n) is 23.8. The van der Waals surface area contributed by atoms with Gasteiger partial charge in [0.2, 0.25) is 0 Å². The maximum Gasteiger partial charge on any atom is 0.321 e. The van der Waals surface area contributed by atoms with Crippen LogP contribution in [0.5, 0.6) is 0 Å². The fourth-order valence-electron chi connectivity index (χ4n) is 8.85. The summed E-state index contributed by atoms with van der Waals surface area (Å²) in [6, 6.07) is 20.1. The maximum absolute atomic E-state index is 14.4. The molecule has 2 aromatic rings. The second kappa shape index (κ2) is 10.3. The van der Waals surface area contributed by atoms with Crippen LogP contribution in [0.15, 0.2) is 54.6 Å². The van der Waals surface area contributed by atoms with E-state index in [0.29, 0.717) is 37.0 Å². The molecule has 40 heavy (non-hydrogen) atoms. The first kappa shape index (κ1) is 26.2. The molecule has 0 spiro atoms. The molecule has 4 bridgehead atoms. The minimum atomic E-state index is -0.927. The van der Waals surface area contributed by atoms with Gasteiger partial charge in [-0.25, -0.2) is 0 Å². The van der Waals surface area contributed by atoms with Crippen molar-refractivity contribution in [1.82, 2.24) is 9.80 Å². The van der Waals surface area contributed by atoms with E-state index in [-0.39, 0.29) is 30.1 Å². The van der Waals surface area contributed by atoms with Gasteiger partial charge in [-0.3, -0.25) is 9.59 Å². The Balaban J connectivity index is 1.18. The molecule has 2 aromatic carbocycles. The number of esters is 2. The quantitative estimate of drug-likeness (QED) is 0.485. The summed E-state index contributed by atoms with van der Waals surface area (Å²) in [5.74, 6) is -0.667. The van der Waals surface area contributed by atoms with Crippen LogP contribution >= 0.6 is 0 Å². The molecule has 5 aliphatic rings. The molecule has 0 N–H and O–H groups in total. The van der Waals surface area contributed by atoms with Gasteiger partial charge in [0, 0.05) is 24.2 Å². The van der Waals surface area contributed by atoms with Gasteiger partial charge in [0.05, 0.1) is 5.92 Å². The standard InChI is InChI=1S/C34H42N2O4/c1-35-23-12-13-24(35)19-27(18-23)39-32(37)30-16-17-34(22-8-4-3-5-9-22,31-11-7-6-10-29(30)31)33(38)40-28-20-25-14-15-26(21-28)36(25)2/h3-11,23-28,30H,12-21H2,1-2H3/t23-,24-,25-,26-,30+,34+/m0/s1. The molecule has 4 fully saturated rings. The molecule has 0 amide bonds. The SMILES string of the molecule is CN1[C@H]2CC[C@H]1CC(OC(=O)[C@@H]1CC[C@@](C(=O)OC3C[C@@H]4CC[C@@H](C3)N4C)(c3ccccc3)c3ccccc31)C2. The van der Waals surface area contributed by atoms with Gasteiger partial charge < -0.3 is 19.3 Å². The van der Waals surface area contributed by atoms with Crippen LogP contribution in [0.2, 0.25) is 0 Å². The average molecular weight is 543 g/mol. The van der Waals surface area contributed by atoms with E-state index in [1.165, 1.54) is 25.7 Å². The Morgan fingerprint density at radius 2 is 1.23 bits per heavy atom. The number of hydrogen-bond donors (Lipinski definition) is 0. The van der Waals surface area contributed by atoms with Crippen molar-refractivity contribution in [3.8, 4) is 0 Å². The lowest BCUT2D eigenvalue weighted by Crippen LogP contribution is -2.48. The molecule has 4 aliphatic heterocycles. The molecule has 212 valence electrons. The minimum absolute atomic E-state index is 0.0149. The third-order valence-corrected chi connectivity index (χ3v) is 11.2. The second-order valence-electron chi connectivity index (χ2n) is 13.1. The van der Waals surface area contributed by atoms with Crippen molar-refractivity contribution in [2.75, 3.05) is 14.1 Å². The van der Waals surface area contributed by atoms with E-state index in [0.717, 1.165) is 42.4 Å². The predicted molar refractivity (Wildman–Crippen MR) is 153 cm³/mol. The Hall–Kier alpha value is -2.70. The summed E-state index contributed by atoms with van der Waals surface area (Å²) >= 11 is 0. The third kappa shape index (κ3) is 4.30. The molecule has 6 heteroatoms. The van der Waals surface area contributed by atoms with Crippen molar-refractivity contribution >= 4 is 11.9 Å². The van der Waals surface area contributed by atoms with Gasteiger partial charge in [-0.1, -0.05) is 54.6 Å². The van der Waals surface area contributed by atoms with Crippen LogP contribution in [0.1, 0.15) is 86.8 Å². The van der Waals surface area contributed by atoms with Crippen molar-refractivity contribution in [2.24, 2.45) is 0 Å². The monoisotopic (exact) mass is 542 g/mol. The number of benzene rings is 2. The molecule has 6 nitrogen and oxygen atoms in total. The highest BCUT2D eigenvalue weighted by Gasteiger charge is 2.52. The number of carbonyl (C=O) groups excluding carboxylic acids is 2. The molecule has 1 aliphatic carbocycles. The van der Waals surface area contributed by atoms with Crippen molar-refractivity contribution in [1.29, 1.82) is 0 Å². The summed E-state index contributed by atoms with van der Waals surface area (Å²) in [4.78, 5) is 33.1. The average Bonchev–Trinajstić information content (AvgIpc) is 3.28. The van der Waals surface area contributed by atoms with Gasteiger partial charge in [0.15, 0.2) is 0 Å². The first-order valence-corrected chi connectivity index (χ1v) is 15.4. The lowest BCUT2D eigenvalue weighted by atomic mass is 9.63. The Morgan fingerprint density at radius 1 is 0.700 bits per heavy atom. The van der Waals surface area contributed by atoms with Gasteiger partial charge in [-0.15, -0.1) is 0 Å².